The van der Waals surface area contributed by atoms with Gasteiger partial charge < -0.3 is 4.74 Å². The second-order valence-corrected chi connectivity index (χ2v) is 8.45. The molecule has 10 heteroatoms. The first kappa shape index (κ1) is 19.9. The largest absolute Gasteiger partial charge is 0.482 e. The second kappa shape index (κ2) is 8.94. The van der Waals surface area contributed by atoms with Crippen LogP contribution in [0.2, 0.25) is 0 Å². The maximum atomic E-state index is 12.4. The Morgan fingerprint density at radius 2 is 2.03 bits per heavy atom. The molecule has 0 bridgehead atoms. The molecule has 1 N–H and O–H groups in total. The molecule has 2 heterocycles. The van der Waals surface area contributed by atoms with Crippen molar-refractivity contribution in [2.24, 2.45) is 0 Å². The monoisotopic (exact) mass is 437 g/mol. The third-order valence-corrected chi connectivity index (χ3v) is 6.25. The summed E-state index contributed by atoms with van der Waals surface area (Å²) in [6.45, 7) is -0.230. The molecule has 0 fully saturated rings. The Bertz CT molecular complexity index is 1120. The number of carbonyl (C=O) groups is 2. The molecule has 0 atom stereocenters. The third kappa shape index (κ3) is 4.59. The van der Waals surface area contributed by atoms with Gasteiger partial charge in [0.2, 0.25) is 11.0 Å². The van der Waals surface area contributed by atoms with E-state index in [2.05, 4.69) is 21.6 Å². The Balaban J connectivity index is 1.34. The van der Waals surface area contributed by atoms with E-state index in [9.17, 15) is 9.59 Å². The van der Waals surface area contributed by atoms with Crippen LogP contribution in [-0.2, 0) is 15.3 Å². The van der Waals surface area contributed by atoms with E-state index in [1.165, 1.54) is 28.0 Å². The predicted molar refractivity (Wildman–Crippen MR) is 114 cm³/mol. The van der Waals surface area contributed by atoms with E-state index in [-0.39, 0.29) is 25.0 Å². The van der Waals surface area contributed by atoms with Crippen LogP contribution in [0.3, 0.4) is 0 Å². The fourth-order valence-corrected chi connectivity index (χ4v) is 4.49. The van der Waals surface area contributed by atoms with Gasteiger partial charge in [0, 0.05) is 5.75 Å². The average molecular weight is 438 g/mol. The highest BCUT2D eigenvalue weighted by Gasteiger charge is 2.27. The highest BCUT2D eigenvalue weighted by molar-refractivity contribution is 8.00. The molecule has 1 aliphatic heterocycles. The maximum absolute atomic E-state index is 12.4. The summed E-state index contributed by atoms with van der Waals surface area (Å²) in [4.78, 5) is 26.0. The van der Waals surface area contributed by atoms with Gasteiger partial charge in [-0.3, -0.25) is 19.8 Å². The molecule has 8 nitrogen and oxygen atoms in total. The van der Waals surface area contributed by atoms with E-state index in [0.29, 0.717) is 32.2 Å². The highest BCUT2D eigenvalue weighted by atomic mass is 32.2. The molecule has 2 aromatic carbocycles. The van der Waals surface area contributed by atoms with Gasteiger partial charge in [-0.15, -0.1) is 10.2 Å². The van der Waals surface area contributed by atoms with Crippen molar-refractivity contribution >= 4 is 45.7 Å². The summed E-state index contributed by atoms with van der Waals surface area (Å²) in [5.41, 5.74) is 2.25. The number of amides is 2. The van der Waals surface area contributed by atoms with Crippen molar-refractivity contribution in [3.8, 4) is 11.8 Å². The minimum atomic E-state index is -0.361. The van der Waals surface area contributed by atoms with Crippen molar-refractivity contribution in [2.45, 2.75) is 10.1 Å². The van der Waals surface area contributed by atoms with Crippen LogP contribution in [0.4, 0.5) is 10.8 Å². The van der Waals surface area contributed by atoms with E-state index >= 15 is 0 Å². The summed E-state index contributed by atoms with van der Waals surface area (Å²) in [5.74, 6) is 0.606. The number of nitriles is 1. The number of ether oxygens (including phenoxy) is 1. The number of para-hydroxylation sites is 2. The van der Waals surface area contributed by atoms with Crippen LogP contribution in [0.1, 0.15) is 11.1 Å². The summed E-state index contributed by atoms with van der Waals surface area (Å²) in [5, 5.41) is 20.0. The summed E-state index contributed by atoms with van der Waals surface area (Å²) in [6, 6.07) is 16.5. The molecule has 0 spiro atoms. The first-order valence-corrected chi connectivity index (χ1v) is 10.7. The zero-order valence-corrected chi connectivity index (χ0v) is 17.2. The van der Waals surface area contributed by atoms with E-state index < -0.39 is 0 Å². The van der Waals surface area contributed by atoms with Gasteiger partial charge in [0.1, 0.15) is 12.3 Å². The van der Waals surface area contributed by atoms with E-state index in [4.69, 9.17) is 10.00 Å². The number of nitrogens with one attached hydrogen (secondary N) is 1. The third-order valence-electron chi connectivity index (χ3n) is 4.21. The zero-order chi connectivity index (χ0) is 20.9. The first-order valence-electron chi connectivity index (χ1n) is 8.90. The maximum Gasteiger partial charge on any atom is 0.265 e. The lowest BCUT2D eigenvalue weighted by molar-refractivity contribution is -0.123. The summed E-state index contributed by atoms with van der Waals surface area (Å²) in [6.07, 6.45) is 0. The smallest absolute Gasteiger partial charge is 0.265 e. The number of nitrogens with zero attached hydrogens (tertiary/aromatic N) is 4. The number of rotatable bonds is 6. The lowest BCUT2D eigenvalue weighted by Gasteiger charge is -2.28. The summed E-state index contributed by atoms with van der Waals surface area (Å²) >= 11 is 2.76. The molecule has 1 aromatic heterocycles. The van der Waals surface area contributed by atoms with Gasteiger partial charge >= 0.3 is 0 Å². The van der Waals surface area contributed by atoms with Crippen LogP contribution in [0.15, 0.2) is 52.9 Å². The van der Waals surface area contributed by atoms with Gasteiger partial charge in [-0.2, -0.15) is 5.26 Å². The van der Waals surface area contributed by atoms with Crippen molar-refractivity contribution in [3.05, 3.63) is 59.7 Å². The van der Waals surface area contributed by atoms with E-state index in [0.717, 1.165) is 5.56 Å². The van der Waals surface area contributed by atoms with Gasteiger partial charge in [-0.1, -0.05) is 47.4 Å². The van der Waals surface area contributed by atoms with Gasteiger partial charge in [-0.25, -0.2) is 0 Å². The number of anilines is 2. The van der Waals surface area contributed by atoms with Crippen LogP contribution < -0.4 is 15.0 Å². The Morgan fingerprint density at radius 1 is 1.23 bits per heavy atom. The first-order chi connectivity index (χ1) is 14.6. The van der Waals surface area contributed by atoms with Crippen LogP contribution in [0.25, 0.3) is 0 Å². The molecule has 30 heavy (non-hydrogen) atoms. The quantitative estimate of drug-likeness (QED) is 0.466. The van der Waals surface area contributed by atoms with Gasteiger partial charge in [0.25, 0.3) is 5.91 Å². The zero-order valence-electron chi connectivity index (χ0n) is 15.6. The van der Waals surface area contributed by atoms with Crippen molar-refractivity contribution < 1.29 is 14.3 Å². The molecule has 0 saturated heterocycles. The molecule has 0 aliphatic carbocycles. The van der Waals surface area contributed by atoms with Crippen molar-refractivity contribution in [1.29, 1.82) is 5.26 Å². The number of hydrogen-bond donors (Lipinski definition) is 1. The van der Waals surface area contributed by atoms with Gasteiger partial charge in [0.15, 0.2) is 10.9 Å². The number of aromatic nitrogens is 2. The SMILES string of the molecule is N#Cc1ccc(CSc2nnc(NC(=O)CN3C(=O)COc4ccccc43)s2)cc1. The van der Waals surface area contributed by atoms with Crippen molar-refractivity contribution in [3.63, 3.8) is 0 Å². The summed E-state index contributed by atoms with van der Waals surface area (Å²) in [7, 11) is 0. The number of thioether (sulfide) groups is 1. The average Bonchev–Trinajstić information content (AvgIpc) is 3.22. The standard InChI is InChI=1S/C20H15N5O3S2/c21-9-13-5-7-14(8-6-13)12-29-20-24-23-19(30-20)22-17(26)10-25-15-3-1-2-4-16(15)28-11-18(25)27/h1-8H,10-12H2,(H,22,23,26). The molecule has 4 rings (SSSR count). The van der Waals surface area contributed by atoms with Crippen LogP contribution in [0, 0.1) is 11.3 Å². The minimum Gasteiger partial charge on any atom is -0.482 e. The van der Waals surface area contributed by atoms with Crippen LogP contribution in [0.5, 0.6) is 5.75 Å². The number of hydrogen-bond acceptors (Lipinski definition) is 8. The van der Waals surface area contributed by atoms with Gasteiger partial charge in [-0.05, 0) is 29.8 Å². The van der Waals surface area contributed by atoms with Crippen LogP contribution in [-0.4, -0.2) is 35.2 Å². The topological polar surface area (TPSA) is 108 Å². The fourth-order valence-electron chi connectivity index (χ4n) is 2.77. The van der Waals surface area contributed by atoms with Gasteiger partial charge in [0.05, 0.1) is 17.3 Å². The molecular weight excluding hydrogens is 422 g/mol. The summed E-state index contributed by atoms with van der Waals surface area (Å²) < 4.78 is 6.09. The minimum absolute atomic E-state index is 0.0980. The normalized spacial score (nSPS) is 12.6. The fraction of sp³-hybridized carbons (Fsp3) is 0.150. The second-order valence-electron chi connectivity index (χ2n) is 6.25. The van der Waals surface area contributed by atoms with Crippen molar-refractivity contribution in [2.75, 3.05) is 23.4 Å². The highest BCUT2D eigenvalue weighted by Crippen LogP contribution is 2.32. The van der Waals surface area contributed by atoms with Crippen LogP contribution >= 0.6 is 23.1 Å². The Labute approximate surface area is 180 Å². The van der Waals surface area contributed by atoms with Crippen molar-refractivity contribution in [1.82, 2.24) is 10.2 Å². The lowest BCUT2D eigenvalue weighted by Crippen LogP contribution is -2.43. The molecule has 3 aromatic rings. The Morgan fingerprint density at radius 3 is 2.83 bits per heavy atom. The Kier molecular flexibility index (Phi) is 5.92. The molecular formula is C20H15N5O3S2. The number of benzene rings is 2. The Hall–Kier alpha value is -3.42. The molecule has 1 aliphatic rings. The molecule has 2 amide bonds. The lowest BCUT2D eigenvalue weighted by atomic mass is 10.2. The van der Waals surface area contributed by atoms with E-state index in [1.54, 1.807) is 30.3 Å². The molecule has 0 radical (unpaired) electrons. The number of carbonyl (C=O) groups excluding carboxylic acids is 2. The molecule has 0 saturated carbocycles. The molecule has 150 valence electrons. The predicted octanol–water partition coefficient (Wildman–Crippen LogP) is 3.07. The van der Waals surface area contributed by atoms with E-state index in [1.807, 2.05) is 18.2 Å². The molecule has 0 unspecified atom stereocenters. The number of fused-ring (bicyclic) bond motifs is 1.